The highest BCUT2D eigenvalue weighted by Crippen LogP contribution is 2.47. The van der Waals surface area contributed by atoms with Gasteiger partial charge in [0.15, 0.2) is 0 Å². The maximum atomic E-state index is 13.3. The van der Waals surface area contributed by atoms with Crippen LogP contribution in [0.3, 0.4) is 0 Å². The van der Waals surface area contributed by atoms with E-state index in [2.05, 4.69) is 33.9 Å². The molecular formula is C33H41ClN2O5S. The minimum absolute atomic E-state index is 0.00846. The van der Waals surface area contributed by atoms with Crippen LogP contribution in [-0.2, 0) is 26.6 Å². The van der Waals surface area contributed by atoms with Crippen LogP contribution >= 0.6 is 11.6 Å². The first-order chi connectivity index (χ1) is 20.1. The van der Waals surface area contributed by atoms with Crippen LogP contribution in [0.4, 0.5) is 5.69 Å². The van der Waals surface area contributed by atoms with Gasteiger partial charge in [-0.3, -0.25) is 4.79 Å². The Labute approximate surface area is 254 Å². The van der Waals surface area contributed by atoms with Crippen molar-refractivity contribution < 1.29 is 22.7 Å². The van der Waals surface area contributed by atoms with Gasteiger partial charge in [0.05, 0.1) is 24.2 Å². The molecule has 0 unspecified atom stereocenters. The van der Waals surface area contributed by atoms with Crippen LogP contribution in [0.25, 0.3) is 0 Å². The van der Waals surface area contributed by atoms with Gasteiger partial charge in [0.1, 0.15) is 5.75 Å². The van der Waals surface area contributed by atoms with Crippen molar-refractivity contribution in [2.75, 3.05) is 37.5 Å². The van der Waals surface area contributed by atoms with Crippen molar-refractivity contribution in [3.63, 3.8) is 0 Å². The van der Waals surface area contributed by atoms with Crippen molar-refractivity contribution >= 4 is 33.2 Å². The largest absolute Gasteiger partial charge is 0.490 e. The molecule has 1 fully saturated rings. The minimum Gasteiger partial charge on any atom is -0.490 e. The lowest BCUT2D eigenvalue weighted by Gasteiger charge is -2.46. The van der Waals surface area contributed by atoms with Crippen LogP contribution in [0, 0.1) is 23.7 Å². The summed E-state index contributed by atoms with van der Waals surface area (Å²) in [5.74, 6) is 0.573. The topological polar surface area (TPSA) is 84.9 Å². The van der Waals surface area contributed by atoms with Crippen molar-refractivity contribution in [1.29, 1.82) is 0 Å². The highest BCUT2D eigenvalue weighted by molar-refractivity contribution is 7.90. The third-order valence-corrected chi connectivity index (χ3v) is 11.9. The molecule has 0 radical (unpaired) electrons. The summed E-state index contributed by atoms with van der Waals surface area (Å²) in [4.78, 5) is 15.7. The summed E-state index contributed by atoms with van der Waals surface area (Å²) in [6, 6.07) is 11.5. The quantitative estimate of drug-likeness (QED) is 0.413. The van der Waals surface area contributed by atoms with Gasteiger partial charge in [-0.05, 0) is 97.2 Å². The number of benzene rings is 2. The molecule has 2 heterocycles. The molecule has 6 rings (SSSR count). The van der Waals surface area contributed by atoms with E-state index in [4.69, 9.17) is 21.1 Å². The second kappa shape index (κ2) is 11.5. The molecule has 226 valence electrons. The molecule has 2 aliphatic carbocycles. The molecule has 1 spiro atoms. The van der Waals surface area contributed by atoms with E-state index in [-0.39, 0.29) is 29.1 Å². The molecule has 2 aromatic carbocycles. The molecule has 1 saturated carbocycles. The summed E-state index contributed by atoms with van der Waals surface area (Å²) in [7, 11) is -2.08. The second-order valence-electron chi connectivity index (χ2n) is 12.9. The summed E-state index contributed by atoms with van der Waals surface area (Å²) in [6.07, 6.45) is 9.38. The lowest BCUT2D eigenvalue weighted by atomic mass is 9.68. The summed E-state index contributed by atoms with van der Waals surface area (Å²) in [5, 5.41) is 0.749. The van der Waals surface area contributed by atoms with Crippen molar-refractivity contribution in [2.45, 2.75) is 57.5 Å². The molecule has 42 heavy (non-hydrogen) atoms. The number of nitrogens with one attached hydrogen (secondary N) is 1. The summed E-state index contributed by atoms with van der Waals surface area (Å²) in [5.41, 5.74) is 3.48. The fourth-order valence-corrected chi connectivity index (χ4v) is 9.08. The van der Waals surface area contributed by atoms with Crippen molar-refractivity contribution in [3.8, 4) is 5.75 Å². The van der Waals surface area contributed by atoms with Crippen molar-refractivity contribution in [1.82, 2.24) is 4.72 Å². The van der Waals surface area contributed by atoms with Crippen molar-refractivity contribution in [2.24, 2.45) is 23.7 Å². The predicted molar refractivity (Wildman–Crippen MR) is 166 cm³/mol. The number of allylic oxidation sites excluding steroid dienone is 1. The average molecular weight is 613 g/mol. The van der Waals surface area contributed by atoms with Gasteiger partial charge in [0.2, 0.25) is 10.0 Å². The van der Waals surface area contributed by atoms with Crippen LogP contribution in [0.15, 0.2) is 48.6 Å². The number of ether oxygens (including phenoxy) is 2. The molecule has 2 aliphatic heterocycles. The smallest absolute Gasteiger partial charge is 0.264 e. The number of hydrogen-bond donors (Lipinski definition) is 1. The number of hydrogen-bond acceptors (Lipinski definition) is 6. The standard InChI is InChI=1S/C33H41ClN2O5S/c1-21-6-12-30(40-3)27-10-7-25(27)17-36-19-33(14-4-5-23-15-26(34)9-11-28(23)33)20-41-31-13-8-24(16-29(31)36)32(37)35-42(38,39)18-22(21)2/h6,8-9,11-13,15-16,21-22,25,27,30H,4-5,7,10,14,17-20H2,1-3H3,(H,35,37)/b12-6+/t21-,22+,25-,27+,30+,33-/m0/s1. The van der Waals surface area contributed by atoms with E-state index in [1.165, 1.54) is 11.1 Å². The monoisotopic (exact) mass is 612 g/mol. The van der Waals surface area contributed by atoms with Gasteiger partial charge in [-0.1, -0.05) is 43.7 Å². The number of aryl methyl sites for hydroxylation is 1. The molecule has 9 heteroatoms. The zero-order chi connectivity index (χ0) is 29.6. The van der Waals surface area contributed by atoms with E-state index in [1.54, 1.807) is 13.2 Å². The first-order valence-electron chi connectivity index (χ1n) is 15.1. The Bertz CT molecular complexity index is 1490. The third kappa shape index (κ3) is 5.70. The van der Waals surface area contributed by atoms with Gasteiger partial charge in [-0.15, -0.1) is 0 Å². The van der Waals surface area contributed by atoms with Crippen LogP contribution < -0.4 is 14.4 Å². The minimum atomic E-state index is -3.84. The lowest BCUT2D eigenvalue weighted by Crippen LogP contribution is -2.49. The number of nitrogens with zero attached hydrogens (tertiary/aromatic N) is 1. The van der Waals surface area contributed by atoms with Gasteiger partial charge in [0, 0.05) is 36.2 Å². The Kier molecular flexibility index (Phi) is 8.09. The van der Waals surface area contributed by atoms with E-state index < -0.39 is 15.9 Å². The van der Waals surface area contributed by atoms with Gasteiger partial charge in [-0.2, -0.15) is 0 Å². The number of rotatable bonds is 1. The van der Waals surface area contributed by atoms with Crippen molar-refractivity contribution in [3.05, 3.63) is 70.3 Å². The summed E-state index contributed by atoms with van der Waals surface area (Å²) >= 11 is 6.40. The van der Waals surface area contributed by atoms with E-state index in [9.17, 15) is 13.2 Å². The number of sulfonamides is 1. The Hall–Kier alpha value is -2.55. The second-order valence-corrected chi connectivity index (χ2v) is 15.1. The maximum Gasteiger partial charge on any atom is 0.264 e. The van der Waals surface area contributed by atoms with Gasteiger partial charge < -0.3 is 14.4 Å². The fourth-order valence-electron chi connectivity index (χ4n) is 7.40. The van der Waals surface area contributed by atoms with E-state index in [0.717, 1.165) is 61.7 Å². The molecule has 2 bridgehead atoms. The SMILES string of the molecule is CO[C@@H]1/C=C/[C@H](C)[C@H](C)CS(=O)(=O)NC(=O)c2ccc3c(c2)N(C[C@@H]2CC[C@H]21)C[C@@]1(CCCc2cc(Cl)ccc21)CO3. The fraction of sp³-hybridized carbons (Fsp3) is 0.545. The zero-order valence-electron chi connectivity index (χ0n) is 24.6. The van der Waals surface area contributed by atoms with E-state index in [0.29, 0.717) is 24.0 Å². The first kappa shape index (κ1) is 29.5. The molecule has 1 N–H and O–H groups in total. The summed E-state index contributed by atoms with van der Waals surface area (Å²) in [6.45, 7) is 5.99. The predicted octanol–water partition coefficient (Wildman–Crippen LogP) is 5.76. The van der Waals surface area contributed by atoms with Gasteiger partial charge in [-0.25, -0.2) is 13.1 Å². The first-order valence-corrected chi connectivity index (χ1v) is 17.2. The molecule has 2 aromatic rings. The molecule has 4 aliphatic rings. The number of methoxy groups -OCH3 is 1. The van der Waals surface area contributed by atoms with Gasteiger partial charge in [0.25, 0.3) is 5.91 Å². The number of fused-ring (bicyclic) bond motifs is 4. The number of halogens is 1. The molecular weight excluding hydrogens is 572 g/mol. The number of amides is 1. The average Bonchev–Trinajstić information content (AvgIpc) is 3.08. The van der Waals surface area contributed by atoms with Crippen LogP contribution in [0.5, 0.6) is 5.75 Å². The molecule has 0 aromatic heterocycles. The molecule has 7 nitrogen and oxygen atoms in total. The highest BCUT2D eigenvalue weighted by Gasteiger charge is 2.44. The lowest BCUT2D eigenvalue weighted by molar-refractivity contribution is 0.0130. The highest BCUT2D eigenvalue weighted by atomic mass is 35.5. The normalized spacial score (nSPS) is 33.3. The van der Waals surface area contributed by atoms with E-state index >= 15 is 0 Å². The Morgan fingerprint density at radius 3 is 2.71 bits per heavy atom. The molecule has 6 atom stereocenters. The number of carbonyl (C=O) groups is 1. The number of anilines is 1. The van der Waals surface area contributed by atoms with Crippen LogP contribution in [0.1, 0.15) is 61.0 Å². The molecule has 1 amide bonds. The zero-order valence-corrected chi connectivity index (χ0v) is 26.2. The van der Waals surface area contributed by atoms with Gasteiger partial charge >= 0.3 is 0 Å². The third-order valence-electron chi connectivity index (χ3n) is 10.2. The summed E-state index contributed by atoms with van der Waals surface area (Å²) < 4.78 is 40.9. The van der Waals surface area contributed by atoms with E-state index in [1.807, 2.05) is 32.0 Å². The molecule has 0 saturated heterocycles. The Morgan fingerprint density at radius 2 is 1.95 bits per heavy atom. The van der Waals surface area contributed by atoms with Crippen LogP contribution in [-0.4, -0.2) is 53.0 Å². The Balaban J connectivity index is 1.43. The Morgan fingerprint density at radius 1 is 1.12 bits per heavy atom. The number of carbonyl (C=O) groups excluding carboxylic acids is 1. The van der Waals surface area contributed by atoms with Crippen LogP contribution in [0.2, 0.25) is 5.02 Å². The maximum absolute atomic E-state index is 13.3.